The van der Waals surface area contributed by atoms with E-state index in [0.29, 0.717) is 33.7 Å². The number of anilines is 1. The highest BCUT2D eigenvalue weighted by Gasteiger charge is 2.36. The first kappa shape index (κ1) is 21.2. The average Bonchev–Trinajstić information content (AvgIpc) is 2.66. The molecule has 29 heavy (non-hydrogen) atoms. The molecule has 6 nitrogen and oxygen atoms in total. The monoisotopic (exact) mass is 413 g/mol. The first-order valence-electron chi connectivity index (χ1n) is 9.69. The normalized spacial score (nSPS) is 16.1. The van der Waals surface area contributed by atoms with Crippen molar-refractivity contribution in [3.63, 3.8) is 0 Å². The van der Waals surface area contributed by atoms with Crippen LogP contribution in [-0.2, 0) is 9.53 Å². The Bertz CT molecular complexity index is 1010. The zero-order valence-electron chi connectivity index (χ0n) is 17.6. The fourth-order valence-corrected chi connectivity index (χ4v) is 3.86. The van der Waals surface area contributed by atoms with Crippen LogP contribution in [-0.4, -0.2) is 28.3 Å². The van der Waals surface area contributed by atoms with Crippen molar-refractivity contribution in [1.82, 2.24) is 9.97 Å². The molecule has 2 N–H and O–H groups in total. The Hall–Kier alpha value is -2.54. The third-order valence-electron chi connectivity index (χ3n) is 4.91. The zero-order chi connectivity index (χ0) is 21.3. The molecule has 0 aliphatic carbocycles. The molecular weight excluding hydrogens is 386 g/mol. The van der Waals surface area contributed by atoms with Gasteiger partial charge in [0.2, 0.25) is 0 Å². The molecule has 1 atom stereocenters. The molecule has 0 amide bonds. The van der Waals surface area contributed by atoms with Gasteiger partial charge in [-0.1, -0.05) is 49.9 Å². The molecule has 0 fully saturated rings. The van der Waals surface area contributed by atoms with Crippen LogP contribution >= 0.6 is 11.8 Å². The molecule has 0 saturated heterocycles. The van der Waals surface area contributed by atoms with Crippen LogP contribution in [0.15, 0.2) is 45.5 Å². The Morgan fingerprint density at radius 1 is 1.17 bits per heavy atom. The summed E-state index contributed by atoms with van der Waals surface area (Å²) in [6.45, 7) is 9.69. The SMILES string of the molecule is CSc1nc2c(c(=O)[nH]1)[C@H](c1ccc(C(C)C)cc1)C(C(=O)OC(C)C)=C(C)N2. The lowest BCUT2D eigenvalue weighted by Gasteiger charge is -2.29. The number of benzene rings is 1. The second kappa shape index (κ2) is 8.45. The number of rotatable bonds is 5. The van der Waals surface area contributed by atoms with Crippen molar-refractivity contribution < 1.29 is 9.53 Å². The smallest absolute Gasteiger partial charge is 0.337 e. The maximum absolute atomic E-state index is 13.0. The molecule has 1 aromatic carbocycles. The van der Waals surface area contributed by atoms with Crippen LogP contribution in [0.1, 0.15) is 63.1 Å². The van der Waals surface area contributed by atoms with Gasteiger partial charge in [0, 0.05) is 5.70 Å². The lowest BCUT2D eigenvalue weighted by molar-refractivity contribution is -0.143. The van der Waals surface area contributed by atoms with Crippen molar-refractivity contribution in [3.05, 3.63) is 62.6 Å². The van der Waals surface area contributed by atoms with E-state index < -0.39 is 11.9 Å². The summed E-state index contributed by atoms with van der Waals surface area (Å²) in [5.41, 5.74) is 3.31. The highest BCUT2D eigenvalue weighted by atomic mass is 32.2. The molecule has 7 heteroatoms. The fourth-order valence-electron chi connectivity index (χ4n) is 3.48. The van der Waals surface area contributed by atoms with Crippen molar-refractivity contribution in [2.75, 3.05) is 11.6 Å². The number of hydrogen-bond acceptors (Lipinski definition) is 6. The van der Waals surface area contributed by atoms with Crippen LogP contribution in [0.3, 0.4) is 0 Å². The van der Waals surface area contributed by atoms with Gasteiger partial charge in [0.05, 0.1) is 23.2 Å². The quantitative estimate of drug-likeness (QED) is 0.429. The average molecular weight is 414 g/mol. The number of esters is 1. The van der Waals surface area contributed by atoms with Crippen LogP contribution in [0.25, 0.3) is 0 Å². The topological polar surface area (TPSA) is 84.1 Å². The molecule has 3 rings (SSSR count). The van der Waals surface area contributed by atoms with Gasteiger partial charge < -0.3 is 15.0 Å². The summed E-state index contributed by atoms with van der Waals surface area (Å²) >= 11 is 1.36. The number of thioether (sulfide) groups is 1. The van der Waals surface area contributed by atoms with E-state index in [1.54, 1.807) is 0 Å². The summed E-state index contributed by atoms with van der Waals surface area (Å²) in [5, 5.41) is 3.67. The highest BCUT2D eigenvalue weighted by Crippen LogP contribution is 2.40. The molecule has 0 bridgehead atoms. The first-order valence-corrected chi connectivity index (χ1v) is 10.9. The summed E-state index contributed by atoms with van der Waals surface area (Å²) in [7, 11) is 0. The van der Waals surface area contributed by atoms with Gasteiger partial charge >= 0.3 is 5.97 Å². The van der Waals surface area contributed by atoms with Gasteiger partial charge in [-0.15, -0.1) is 0 Å². The number of H-pyrrole nitrogens is 1. The number of nitrogens with one attached hydrogen (secondary N) is 2. The number of carbonyl (C=O) groups excluding carboxylic acids is 1. The summed E-state index contributed by atoms with van der Waals surface area (Å²) < 4.78 is 5.50. The van der Waals surface area contributed by atoms with E-state index in [0.717, 1.165) is 5.56 Å². The number of allylic oxidation sites excluding steroid dienone is 1. The Kier molecular flexibility index (Phi) is 6.17. The van der Waals surface area contributed by atoms with E-state index in [-0.39, 0.29) is 11.7 Å². The van der Waals surface area contributed by atoms with Crippen LogP contribution in [0.5, 0.6) is 0 Å². The van der Waals surface area contributed by atoms with Crippen molar-refractivity contribution in [3.8, 4) is 0 Å². The number of carbonyl (C=O) groups is 1. The lowest BCUT2D eigenvalue weighted by atomic mass is 9.81. The van der Waals surface area contributed by atoms with Crippen LogP contribution in [0.2, 0.25) is 0 Å². The van der Waals surface area contributed by atoms with Gasteiger partial charge in [-0.25, -0.2) is 9.78 Å². The fraction of sp³-hybridized carbons (Fsp3) is 0.409. The predicted molar refractivity (Wildman–Crippen MR) is 117 cm³/mol. The molecule has 0 unspecified atom stereocenters. The molecule has 0 saturated carbocycles. The summed E-state index contributed by atoms with van der Waals surface area (Å²) in [6, 6.07) is 8.04. The Balaban J connectivity index is 2.21. The van der Waals surface area contributed by atoms with Crippen LogP contribution in [0.4, 0.5) is 5.82 Å². The van der Waals surface area contributed by atoms with E-state index in [1.165, 1.54) is 17.3 Å². The maximum Gasteiger partial charge on any atom is 0.337 e. The van der Waals surface area contributed by atoms with E-state index in [2.05, 4.69) is 29.1 Å². The number of hydrogen-bond donors (Lipinski definition) is 2. The molecule has 2 aromatic rings. The number of fused-ring (bicyclic) bond motifs is 1. The van der Waals surface area contributed by atoms with Crippen LogP contribution < -0.4 is 10.9 Å². The Morgan fingerprint density at radius 2 is 1.83 bits per heavy atom. The lowest BCUT2D eigenvalue weighted by Crippen LogP contribution is -2.31. The molecule has 0 radical (unpaired) electrons. The van der Waals surface area contributed by atoms with Crippen molar-refractivity contribution in [1.29, 1.82) is 0 Å². The van der Waals surface area contributed by atoms with Crippen molar-refractivity contribution in [2.24, 2.45) is 0 Å². The zero-order valence-corrected chi connectivity index (χ0v) is 18.4. The third kappa shape index (κ3) is 4.24. The van der Waals surface area contributed by atoms with E-state index in [1.807, 2.05) is 51.3 Å². The predicted octanol–water partition coefficient (Wildman–Crippen LogP) is 4.40. The third-order valence-corrected chi connectivity index (χ3v) is 5.49. The number of aromatic nitrogens is 2. The maximum atomic E-state index is 13.0. The molecule has 154 valence electrons. The number of ether oxygens (including phenoxy) is 1. The first-order chi connectivity index (χ1) is 13.7. The van der Waals surface area contributed by atoms with Gasteiger partial charge in [-0.3, -0.25) is 4.79 Å². The van der Waals surface area contributed by atoms with Gasteiger partial charge in [-0.2, -0.15) is 0 Å². The second-order valence-electron chi connectivity index (χ2n) is 7.71. The molecule has 1 aliphatic rings. The Labute approximate surface area is 175 Å². The van der Waals surface area contributed by atoms with E-state index >= 15 is 0 Å². The second-order valence-corrected chi connectivity index (χ2v) is 8.50. The molecular formula is C22H27N3O3S. The summed E-state index contributed by atoms with van der Waals surface area (Å²) in [6.07, 6.45) is 1.59. The molecule has 2 heterocycles. The Morgan fingerprint density at radius 3 is 2.38 bits per heavy atom. The van der Waals surface area contributed by atoms with Gasteiger partial charge in [0.25, 0.3) is 5.56 Å². The van der Waals surface area contributed by atoms with E-state index in [9.17, 15) is 9.59 Å². The van der Waals surface area contributed by atoms with Crippen molar-refractivity contribution in [2.45, 2.75) is 57.7 Å². The summed E-state index contributed by atoms with van der Waals surface area (Å²) in [4.78, 5) is 33.3. The van der Waals surface area contributed by atoms with Crippen molar-refractivity contribution >= 4 is 23.5 Å². The largest absolute Gasteiger partial charge is 0.460 e. The van der Waals surface area contributed by atoms with Gasteiger partial charge in [0.15, 0.2) is 5.16 Å². The minimum absolute atomic E-state index is 0.257. The highest BCUT2D eigenvalue weighted by molar-refractivity contribution is 7.98. The molecule has 1 aliphatic heterocycles. The summed E-state index contributed by atoms with van der Waals surface area (Å²) in [5.74, 6) is -0.108. The number of aromatic amines is 1. The standard InChI is InChI=1S/C22H27N3O3S/c1-11(2)14-7-9-15(10-8-14)17-16(21(27)28-12(3)4)13(5)23-19-18(17)20(26)25-22(24-19)29-6/h7-12,17H,1-6H3,(H2,23,24,25,26)/t17-/m1/s1. The van der Waals surface area contributed by atoms with Gasteiger partial charge in [-0.05, 0) is 44.1 Å². The van der Waals surface area contributed by atoms with E-state index in [4.69, 9.17) is 4.74 Å². The van der Waals surface area contributed by atoms with Crippen LogP contribution in [0, 0.1) is 0 Å². The number of nitrogens with zero attached hydrogens (tertiary/aromatic N) is 1. The minimum Gasteiger partial charge on any atom is -0.460 e. The molecule has 0 spiro atoms. The minimum atomic E-state index is -0.550. The van der Waals surface area contributed by atoms with Gasteiger partial charge in [0.1, 0.15) is 5.82 Å². The molecule has 1 aromatic heterocycles.